The van der Waals surface area contributed by atoms with Crippen molar-refractivity contribution in [3.8, 4) is 11.5 Å². The molecule has 7 heteroatoms. The molecule has 0 aliphatic carbocycles. The summed E-state index contributed by atoms with van der Waals surface area (Å²) >= 11 is 23.1. The molecule has 2 aromatic carbocycles. The topological polar surface area (TPSA) is 18.5 Å². The van der Waals surface area contributed by atoms with Crippen LogP contribution in [0.3, 0.4) is 0 Å². The van der Waals surface area contributed by atoms with E-state index in [4.69, 9.17) is 44.1 Å². The number of halogens is 2. The van der Waals surface area contributed by atoms with Gasteiger partial charge >= 0.3 is 5.69 Å². The van der Waals surface area contributed by atoms with Crippen LogP contribution < -0.4 is 9.05 Å². The predicted molar refractivity (Wildman–Crippen MR) is 171 cm³/mol. The van der Waals surface area contributed by atoms with Gasteiger partial charge in [0.05, 0.1) is 10.0 Å². The number of unbranched alkanes of at least 4 members (excludes halogenated alkanes) is 12. The third-order valence-corrected chi connectivity index (χ3v) is 8.94. The summed E-state index contributed by atoms with van der Waals surface area (Å²) in [6, 6.07) is 11.8. The van der Waals surface area contributed by atoms with Gasteiger partial charge < -0.3 is 9.05 Å². The van der Waals surface area contributed by atoms with Gasteiger partial charge in [0.25, 0.3) is 0 Å². The van der Waals surface area contributed by atoms with Gasteiger partial charge in [0, 0.05) is 0 Å². The molecule has 0 unspecified atom stereocenters. The molecule has 0 aromatic heterocycles. The average molecular weight is 604 g/mol. The second-order valence-electron chi connectivity index (χ2n) is 9.92. The third-order valence-electron chi connectivity index (χ3n) is 6.56. The number of hydrogen-bond donors (Lipinski definition) is 1. The zero-order valence-electron chi connectivity index (χ0n) is 22.7. The Hall–Kier alpha value is -0.380. The second-order valence-corrected chi connectivity index (χ2v) is 15.9. The van der Waals surface area contributed by atoms with Crippen molar-refractivity contribution in [3.63, 3.8) is 0 Å². The molecule has 0 heterocycles. The van der Waals surface area contributed by atoms with Crippen LogP contribution in [0.15, 0.2) is 36.4 Å². The van der Waals surface area contributed by atoms with Crippen molar-refractivity contribution in [3.05, 3.63) is 57.6 Å². The Morgan fingerprint density at radius 2 is 0.973 bits per heavy atom. The van der Waals surface area contributed by atoms with Crippen molar-refractivity contribution in [2.24, 2.45) is 0 Å². The SMILES string of the molecule is CCCCCCCCCc1ccc(OP(=S)(S)Oc2ccc(CCCCCCCCC)cc2Cl)c(Cl)c1. The van der Waals surface area contributed by atoms with E-state index in [-0.39, 0.29) is 0 Å². The standard InChI is InChI=1S/C30H45Cl2O2PS2/c1-3-5-7-9-11-13-15-17-25-19-21-29(27(31)23-25)33-35(36,37)34-30-22-20-26(24-28(30)32)18-16-14-12-10-8-6-4-2/h19-24H,3-18H2,1-2H3,(H,36,37). The zero-order valence-corrected chi connectivity index (χ0v) is 26.8. The number of aryl methyl sites for hydroxylation is 2. The van der Waals surface area contributed by atoms with E-state index in [9.17, 15) is 0 Å². The van der Waals surface area contributed by atoms with E-state index in [0.29, 0.717) is 21.5 Å². The van der Waals surface area contributed by atoms with Gasteiger partial charge in [-0.15, -0.1) is 0 Å². The van der Waals surface area contributed by atoms with E-state index in [1.54, 1.807) is 0 Å². The lowest BCUT2D eigenvalue weighted by molar-refractivity contribution is 0.507. The second kappa shape index (κ2) is 18.8. The van der Waals surface area contributed by atoms with Crippen molar-refractivity contribution >= 4 is 53.0 Å². The molecule has 0 spiro atoms. The normalized spacial score (nSPS) is 11.6. The lowest BCUT2D eigenvalue weighted by Gasteiger charge is -2.20. The Labute approximate surface area is 246 Å². The van der Waals surface area contributed by atoms with E-state index in [1.807, 2.05) is 36.4 Å². The smallest absolute Gasteiger partial charge is 0.345 e. The van der Waals surface area contributed by atoms with Gasteiger partial charge in [0.2, 0.25) is 0 Å². The summed E-state index contributed by atoms with van der Waals surface area (Å²) in [5, 5.41) is 1.06. The lowest BCUT2D eigenvalue weighted by Crippen LogP contribution is -1.97. The Morgan fingerprint density at radius 3 is 1.32 bits per heavy atom. The first-order valence-corrected chi connectivity index (χ1v) is 18.7. The number of thiol groups is 1. The van der Waals surface area contributed by atoms with Gasteiger partial charge in [-0.1, -0.05) is 138 Å². The molecule has 0 saturated carbocycles. The number of benzene rings is 2. The number of rotatable bonds is 20. The summed E-state index contributed by atoms with van der Waals surface area (Å²) in [5.41, 5.74) is -0.526. The monoisotopic (exact) mass is 602 g/mol. The fraction of sp³-hybridized carbons (Fsp3) is 0.600. The van der Waals surface area contributed by atoms with Crippen molar-refractivity contribution in [1.82, 2.24) is 0 Å². The molecule has 0 amide bonds. The molecule has 0 fully saturated rings. The van der Waals surface area contributed by atoms with Gasteiger partial charge in [-0.05, 0) is 72.9 Å². The Balaban J connectivity index is 1.80. The highest BCUT2D eigenvalue weighted by molar-refractivity contribution is 8.60. The van der Waals surface area contributed by atoms with Crippen LogP contribution in [-0.4, -0.2) is 0 Å². The van der Waals surface area contributed by atoms with Crippen LogP contribution in [0.25, 0.3) is 0 Å². The van der Waals surface area contributed by atoms with Crippen LogP contribution in [0.5, 0.6) is 11.5 Å². The van der Waals surface area contributed by atoms with Gasteiger partial charge in [-0.2, -0.15) is 0 Å². The maximum absolute atomic E-state index is 6.51. The first-order valence-electron chi connectivity index (χ1n) is 14.1. The average Bonchev–Trinajstić information content (AvgIpc) is 2.86. The van der Waals surface area contributed by atoms with Gasteiger partial charge in [0.1, 0.15) is 11.5 Å². The van der Waals surface area contributed by atoms with Crippen molar-refractivity contribution in [1.29, 1.82) is 0 Å². The van der Waals surface area contributed by atoms with Crippen LogP contribution in [0, 0.1) is 0 Å². The van der Waals surface area contributed by atoms with E-state index < -0.39 is 5.69 Å². The molecule has 37 heavy (non-hydrogen) atoms. The third kappa shape index (κ3) is 14.0. The molecule has 2 aromatic rings. The minimum atomic E-state index is -2.94. The molecule has 0 bridgehead atoms. The minimum absolute atomic E-state index is 0.495. The van der Waals surface area contributed by atoms with Crippen molar-refractivity contribution in [2.45, 2.75) is 117 Å². The highest BCUT2D eigenvalue weighted by atomic mass is 35.5. The minimum Gasteiger partial charge on any atom is -0.427 e. The number of hydrogen-bond acceptors (Lipinski definition) is 3. The Morgan fingerprint density at radius 1 is 0.622 bits per heavy atom. The Bertz CT molecular complexity index is 897. The molecule has 0 aliphatic rings. The van der Waals surface area contributed by atoms with Crippen LogP contribution in [0.2, 0.25) is 10.0 Å². The summed E-state index contributed by atoms with van der Waals surface area (Å²) in [5.74, 6) is 0.991. The van der Waals surface area contributed by atoms with E-state index in [0.717, 1.165) is 12.8 Å². The molecular weight excluding hydrogens is 558 g/mol. The molecule has 0 aliphatic heterocycles. The predicted octanol–water partition coefficient (Wildman–Crippen LogP) is 12.2. The maximum Gasteiger partial charge on any atom is 0.345 e. The fourth-order valence-electron chi connectivity index (χ4n) is 4.39. The largest absolute Gasteiger partial charge is 0.427 e. The molecule has 0 atom stereocenters. The first kappa shape index (κ1) is 32.8. The van der Waals surface area contributed by atoms with Gasteiger partial charge in [0.15, 0.2) is 0 Å². The molecule has 0 radical (unpaired) electrons. The maximum atomic E-state index is 6.51. The zero-order chi connectivity index (χ0) is 26.9. The quantitative estimate of drug-likeness (QED) is 0.0923. The Kier molecular flexibility index (Phi) is 16.7. The van der Waals surface area contributed by atoms with Crippen molar-refractivity contribution < 1.29 is 9.05 Å². The summed E-state index contributed by atoms with van der Waals surface area (Å²) in [7, 11) is 0. The summed E-state index contributed by atoms with van der Waals surface area (Å²) < 4.78 is 11.9. The highest BCUT2D eigenvalue weighted by Gasteiger charge is 2.20. The van der Waals surface area contributed by atoms with Gasteiger partial charge in [-0.3, -0.25) is 0 Å². The van der Waals surface area contributed by atoms with Crippen LogP contribution in [-0.2, 0) is 24.6 Å². The molecule has 208 valence electrons. The lowest BCUT2D eigenvalue weighted by atomic mass is 10.0. The van der Waals surface area contributed by atoms with Gasteiger partial charge in [-0.25, -0.2) is 0 Å². The van der Waals surface area contributed by atoms with E-state index in [1.165, 1.54) is 101 Å². The molecule has 0 saturated heterocycles. The molecule has 2 nitrogen and oxygen atoms in total. The van der Waals surface area contributed by atoms with E-state index in [2.05, 4.69) is 26.1 Å². The van der Waals surface area contributed by atoms with Crippen LogP contribution in [0.4, 0.5) is 0 Å². The summed E-state index contributed by atoms with van der Waals surface area (Å²) in [6.07, 6.45) is 20.1. The molecule has 2 rings (SSSR count). The molecule has 0 N–H and O–H groups in total. The highest BCUT2D eigenvalue weighted by Crippen LogP contribution is 2.55. The van der Waals surface area contributed by atoms with Crippen LogP contribution >= 0.6 is 41.1 Å². The summed E-state index contributed by atoms with van der Waals surface area (Å²) in [6.45, 7) is 4.50. The van der Waals surface area contributed by atoms with Crippen LogP contribution in [0.1, 0.15) is 115 Å². The van der Waals surface area contributed by atoms with E-state index >= 15 is 0 Å². The fourth-order valence-corrected chi connectivity index (χ4v) is 6.84. The van der Waals surface area contributed by atoms with Crippen molar-refractivity contribution in [2.75, 3.05) is 0 Å². The molecular formula is C30H45Cl2O2PS2. The summed E-state index contributed by atoms with van der Waals surface area (Å²) in [4.78, 5) is 0. The first-order chi connectivity index (χ1) is 17.8.